The highest BCUT2D eigenvalue weighted by molar-refractivity contribution is 5.69. The van der Waals surface area contributed by atoms with Crippen LogP contribution in [0.1, 0.15) is 13.3 Å². The summed E-state index contributed by atoms with van der Waals surface area (Å²) in [5.41, 5.74) is 0. The lowest BCUT2D eigenvalue weighted by Gasteiger charge is -2.08. The lowest BCUT2D eigenvalue weighted by Crippen LogP contribution is -2.15. The Morgan fingerprint density at radius 3 is 3.00 bits per heavy atom. The molecule has 0 aliphatic carbocycles. The highest BCUT2D eigenvalue weighted by atomic mass is 16.4. The standard InChI is InChI=1S/C9H15N3O2/c1-7(8(13)14)3-4-10-9-11-5-6-12(9)2/h5-7H,3-4H2,1-2H3,(H,10,11)(H,13,14). The number of imidazole rings is 1. The number of aromatic nitrogens is 2. The smallest absolute Gasteiger partial charge is 0.306 e. The van der Waals surface area contributed by atoms with Crippen LogP contribution in [-0.4, -0.2) is 27.2 Å². The Balaban J connectivity index is 2.29. The summed E-state index contributed by atoms with van der Waals surface area (Å²) in [4.78, 5) is 14.6. The Morgan fingerprint density at radius 2 is 2.50 bits per heavy atom. The van der Waals surface area contributed by atoms with Gasteiger partial charge in [0.25, 0.3) is 0 Å². The molecule has 2 N–H and O–H groups in total. The van der Waals surface area contributed by atoms with Gasteiger partial charge in [-0.15, -0.1) is 0 Å². The van der Waals surface area contributed by atoms with E-state index in [1.54, 1.807) is 13.1 Å². The molecular weight excluding hydrogens is 182 g/mol. The molecule has 0 saturated carbocycles. The molecule has 0 saturated heterocycles. The maximum absolute atomic E-state index is 10.5. The van der Waals surface area contributed by atoms with Crippen LogP contribution in [0.25, 0.3) is 0 Å². The van der Waals surface area contributed by atoms with Gasteiger partial charge in [-0.05, 0) is 6.42 Å². The number of hydrogen-bond acceptors (Lipinski definition) is 3. The fraction of sp³-hybridized carbons (Fsp3) is 0.556. The average molecular weight is 197 g/mol. The van der Waals surface area contributed by atoms with E-state index >= 15 is 0 Å². The summed E-state index contributed by atoms with van der Waals surface area (Å²) in [5.74, 6) is -0.308. The molecule has 1 heterocycles. The topological polar surface area (TPSA) is 67.2 Å². The number of anilines is 1. The van der Waals surface area contributed by atoms with Crippen molar-refractivity contribution in [2.24, 2.45) is 13.0 Å². The van der Waals surface area contributed by atoms with E-state index in [2.05, 4.69) is 10.3 Å². The molecule has 0 radical (unpaired) electrons. The predicted molar refractivity (Wildman–Crippen MR) is 53.1 cm³/mol. The molecule has 1 aromatic heterocycles. The van der Waals surface area contributed by atoms with Crippen LogP contribution >= 0.6 is 0 Å². The average Bonchev–Trinajstić information content (AvgIpc) is 2.51. The van der Waals surface area contributed by atoms with Crippen LogP contribution in [0.2, 0.25) is 0 Å². The van der Waals surface area contributed by atoms with Gasteiger partial charge in [-0.25, -0.2) is 4.98 Å². The maximum atomic E-state index is 10.5. The van der Waals surface area contributed by atoms with Gasteiger partial charge in [0.2, 0.25) is 5.95 Å². The van der Waals surface area contributed by atoms with E-state index in [0.29, 0.717) is 13.0 Å². The maximum Gasteiger partial charge on any atom is 0.306 e. The molecule has 1 atom stereocenters. The first kappa shape index (κ1) is 10.6. The third-order valence-corrected chi connectivity index (χ3v) is 2.10. The van der Waals surface area contributed by atoms with E-state index < -0.39 is 5.97 Å². The number of carbonyl (C=O) groups is 1. The third kappa shape index (κ3) is 2.76. The van der Waals surface area contributed by atoms with Gasteiger partial charge in [-0.3, -0.25) is 4.79 Å². The SMILES string of the molecule is CC(CCNc1nccn1C)C(=O)O. The first-order chi connectivity index (χ1) is 6.61. The predicted octanol–water partition coefficient (Wildman–Crippen LogP) is 0.943. The normalized spacial score (nSPS) is 12.4. The highest BCUT2D eigenvalue weighted by Gasteiger charge is 2.09. The second kappa shape index (κ2) is 4.64. The lowest BCUT2D eigenvalue weighted by atomic mass is 10.1. The van der Waals surface area contributed by atoms with Crippen LogP contribution in [0.15, 0.2) is 12.4 Å². The van der Waals surface area contributed by atoms with Gasteiger partial charge < -0.3 is 15.0 Å². The summed E-state index contributed by atoms with van der Waals surface area (Å²) in [7, 11) is 1.88. The molecule has 78 valence electrons. The van der Waals surface area contributed by atoms with E-state index in [9.17, 15) is 4.79 Å². The zero-order valence-corrected chi connectivity index (χ0v) is 8.40. The zero-order valence-electron chi connectivity index (χ0n) is 8.40. The van der Waals surface area contributed by atoms with Crippen LogP contribution < -0.4 is 5.32 Å². The van der Waals surface area contributed by atoms with Gasteiger partial charge in [-0.1, -0.05) is 6.92 Å². The Bertz CT molecular complexity index is 309. The Kier molecular flexibility index (Phi) is 3.50. The summed E-state index contributed by atoms with van der Waals surface area (Å²) in [6.45, 7) is 2.32. The molecule has 14 heavy (non-hydrogen) atoms. The summed E-state index contributed by atoms with van der Waals surface area (Å²) < 4.78 is 1.85. The number of nitrogens with one attached hydrogen (secondary N) is 1. The second-order valence-corrected chi connectivity index (χ2v) is 3.32. The van der Waals surface area contributed by atoms with E-state index in [0.717, 1.165) is 5.95 Å². The summed E-state index contributed by atoms with van der Waals surface area (Å²) in [5, 5.41) is 11.7. The van der Waals surface area contributed by atoms with Crippen molar-refractivity contribution in [1.29, 1.82) is 0 Å². The minimum Gasteiger partial charge on any atom is -0.481 e. The van der Waals surface area contributed by atoms with Crippen LogP contribution in [0.3, 0.4) is 0 Å². The number of hydrogen-bond donors (Lipinski definition) is 2. The quantitative estimate of drug-likeness (QED) is 0.737. The third-order valence-electron chi connectivity index (χ3n) is 2.10. The van der Waals surface area contributed by atoms with Crippen molar-refractivity contribution in [2.75, 3.05) is 11.9 Å². The summed E-state index contributed by atoms with van der Waals surface area (Å²) in [6, 6.07) is 0. The molecule has 5 heteroatoms. The van der Waals surface area contributed by atoms with Crippen molar-refractivity contribution in [1.82, 2.24) is 9.55 Å². The number of carboxylic acid groups (broad SMARTS) is 1. The van der Waals surface area contributed by atoms with E-state index in [4.69, 9.17) is 5.11 Å². The molecule has 0 aliphatic heterocycles. The second-order valence-electron chi connectivity index (χ2n) is 3.32. The minimum atomic E-state index is -0.758. The molecule has 0 aromatic carbocycles. The van der Waals surface area contributed by atoms with Crippen molar-refractivity contribution >= 4 is 11.9 Å². The van der Waals surface area contributed by atoms with Crippen LogP contribution in [0, 0.1) is 5.92 Å². The monoisotopic (exact) mass is 197 g/mol. The van der Waals surface area contributed by atoms with Crippen molar-refractivity contribution in [3.8, 4) is 0 Å². The van der Waals surface area contributed by atoms with E-state index in [1.807, 2.05) is 17.8 Å². The number of aryl methyl sites for hydroxylation is 1. The number of nitrogens with zero attached hydrogens (tertiary/aromatic N) is 2. The Morgan fingerprint density at radius 1 is 1.79 bits per heavy atom. The number of carboxylic acids is 1. The Hall–Kier alpha value is -1.52. The zero-order chi connectivity index (χ0) is 10.6. The van der Waals surface area contributed by atoms with E-state index in [1.165, 1.54) is 0 Å². The molecule has 0 spiro atoms. The first-order valence-corrected chi connectivity index (χ1v) is 4.55. The number of aliphatic carboxylic acids is 1. The fourth-order valence-corrected chi connectivity index (χ4v) is 1.06. The summed E-state index contributed by atoms with van der Waals surface area (Å²) >= 11 is 0. The molecule has 1 rings (SSSR count). The fourth-order valence-electron chi connectivity index (χ4n) is 1.06. The first-order valence-electron chi connectivity index (χ1n) is 4.55. The number of rotatable bonds is 5. The lowest BCUT2D eigenvalue weighted by molar-refractivity contribution is -0.141. The van der Waals surface area contributed by atoms with E-state index in [-0.39, 0.29) is 5.92 Å². The van der Waals surface area contributed by atoms with Crippen molar-refractivity contribution < 1.29 is 9.90 Å². The van der Waals surface area contributed by atoms with Gasteiger partial charge in [0.15, 0.2) is 0 Å². The van der Waals surface area contributed by atoms with Gasteiger partial charge >= 0.3 is 5.97 Å². The largest absolute Gasteiger partial charge is 0.481 e. The van der Waals surface area contributed by atoms with Crippen molar-refractivity contribution in [3.63, 3.8) is 0 Å². The van der Waals surface area contributed by atoms with Gasteiger partial charge in [0.05, 0.1) is 5.92 Å². The molecular formula is C9H15N3O2. The molecule has 5 nitrogen and oxygen atoms in total. The van der Waals surface area contributed by atoms with Crippen LogP contribution in [0.4, 0.5) is 5.95 Å². The van der Waals surface area contributed by atoms with Gasteiger partial charge in [0.1, 0.15) is 0 Å². The van der Waals surface area contributed by atoms with Crippen LogP contribution in [0.5, 0.6) is 0 Å². The van der Waals surface area contributed by atoms with Gasteiger partial charge in [-0.2, -0.15) is 0 Å². The van der Waals surface area contributed by atoms with Gasteiger partial charge in [0, 0.05) is 26.0 Å². The molecule has 0 bridgehead atoms. The molecule has 0 fully saturated rings. The molecule has 0 aliphatic rings. The summed E-state index contributed by atoms with van der Waals surface area (Å²) in [6.07, 6.45) is 4.13. The minimum absolute atomic E-state index is 0.317. The highest BCUT2D eigenvalue weighted by Crippen LogP contribution is 2.04. The molecule has 0 amide bonds. The van der Waals surface area contributed by atoms with Crippen molar-refractivity contribution in [2.45, 2.75) is 13.3 Å². The molecule has 1 unspecified atom stereocenters. The Labute approximate surface area is 82.8 Å². The van der Waals surface area contributed by atoms with Crippen molar-refractivity contribution in [3.05, 3.63) is 12.4 Å². The molecule has 1 aromatic rings. The van der Waals surface area contributed by atoms with Crippen LogP contribution in [-0.2, 0) is 11.8 Å².